The van der Waals surface area contributed by atoms with E-state index in [4.69, 9.17) is 4.74 Å². The Morgan fingerprint density at radius 2 is 1.75 bits per heavy atom. The maximum Gasteiger partial charge on any atom is 0.329 e. The smallest absolute Gasteiger partial charge is 0.329 e. The minimum atomic E-state index is -0.966. The molecular formula is C23H37N3O6. The molecule has 180 valence electrons. The van der Waals surface area contributed by atoms with E-state index in [-0.39, 0.29) is 30.6 Å². The quantitative estimate of drug-likeness (QED) is 0.448. The van der Waals surface area contributed by atoms with Crippen LogP contribution in [0, 0.1) is 17.8 Å². The minimum Gasteiger partial charge on any atom is -0.460 e. The fraction of sp³-hybridized carbons (Fsp3) is 0.652. The number of carbonyl (C=O) groups excluding carboxylic acids is 4. The van der Waals surface area contributed by atoms with Gasteiger partial charge in [-0.15, -0.1) is 0 Å². The number of amides is 3. The maximum atomic E-state index is 13.1. The van der Waals surface area contributed by atoms with Crippen molar-refractivity contribution in [1.29, 1.82) is 0 Å². The van der Waals surface area contributed by atoms with Crippen LogP contribution in [0.2, 0.25) is 0 Å². The first-order valence-corrected chi connectivity index (χ1v) is 11.1. The second-order valence-electron chi connectivity index (χ2n) is 8.59. The van der Waals surface area contributed by atoms with Crippen LogP contribution >= 0.6 is 0 Å². The number of nitrogens with one attached hydrogen (secondary N) is 3. The Bertz CT molecular complexity index is 733. The Morgan fingerprint density at radius 1 is 1.09 bits per heavy atom. The average Bonchev–Trinajstić information content (AvgIpc) is 2.71. The largest absolute Gasteiger partial charge is 0.460 e. The number of carbonyl (C=O) groups is 4. The van der Waals surface area contributed by atoms with Crippen LogP contribution in [0.1, 0.15) is 53.9 Å². The lowest BCUT2D eigenvalue weighted by Gasteiger charge is -2.33. The molecule has 0 aromatic carbocycles. The molecule has 32 heavy (non-hydrogen) atoms. The first-order chi connectivity index (χ1) is 15.0. The molecule has 0 unspecified atom stereocenters. The lowest BCUT2D eigenvalue weighted by molar-refractivity contribution is -0.162. The number of aliphatic hydroxyl groups is 1. The highest BCUT2D eigenvalue weighted by atomic mass is 16.5. The van der Waals surface area contributed by atoms with E-state index in [1.807, 2.05) is 13.8 Å². The molecular weight excluding hydrogens is 414 g/mol. The Labute approximate surface area is 190 Å². The fourth-order valence-electron chi connectivity index (χ4n) is 3.58. The molecule has 0 aromatic rings. The third-order valence-corrected chi connectivity index (χ3v) is 5.42. The molecule has 4 N–H and O–H groups in total. The second-order valence-corrected chi connectivity index (χ2v) is 8.59. The molecule has 0 bridgehead atoms. The number of hydrogen-bond acceptors (Lipinski definition) is 6. The number of allylic oxidation sites excluding steroid dienone is 1. The maximum absolute atomic E-state index is 13.1. The van der Waals surface area contributed by atoms with Gasteiger partial charge < -0.3 is 25.8 Å². The van der Waals surface area contributed by atoms with Crippen LogP contribution in [0.3, 0.4) is 0 Å². The molecule has 1 heterocycles. The highest BCUT2D eigenvalue weighted by molar-refractivity contribution is 5.94. The van der Waals surface area contributed by atoms with Crippen LogP contribution in [-0.2, 0) is 23.9 Å². The molecule has 9 heteroatoms. The van der Waals surface area contributed by atoms with Gasteiger partial charge in [0.25, 0.3) is 0 Å². The Kier molecular flexibility index (Phi) is 11.1. The van der Waals surface area contributed by atoms with E-state index in [2.05, 4.69) is 22.5 Å². The lowest BCUT2D eigenvalue weighted by atomic mass is 9.86. The van der Waals surface area contributed by atoms with E-state index in [0.29, 0.717) is 6.42 Å². The van der Waals surface area contributed by atoms with Gasteiger partial charge in [-0.2, -0.15) is 0 Å². The van der Waals surface area contributed by atoms with E-state index in [0.717, 1.165) is 12.5 Å². The molecule has 1 aliphatic heterocycles. The molecule has 9 nitrogen and oxygen atoms in total. The summed E-state index contributed by atoms with van der Waals surface area (Å²) in [4.78, 5) is 50.8. The predicted molar refractivity (Wildman–Crippen MR) is 120 cm³/mol. The van der Waals surface area contributed by atoms with Gasteiger partial charge in [-0.25, -0.2) is 4.79 Å². The van der Waals surface area contributed by atoms with E-state index in [9.17, 15) is 24.3 Å². The summed E-state index contributed by atoms with van der Waals surface area (Å²) in [5.74, 6) is -3.52. The molecule has 0 aliphatic carbocycles. The van der Waals surface area contributed by atoms with E-state index in [1.165, 1.54) is 13.0 Å². The summed E-state index contributed by atoms with van der Waals surface area (Å²) >= 11 is 0. The van der Waals surface area contributed by atoms with Crippen LogP contribution in [0.5, 0.6) is 0 Å². The van der Waals surface area contributed by atoms with Crippen molar-refractivity contribution < 1.29 is 29.0 Å². The van der Waals surface area contributed by atoms with E-state index in [1.54, 1.807) is 13.8 Å². The van der Waals surface area contributed by atoms with Crippen molar-refractivity contribution in [1.82, 2.24) is 16.0 Å². The topological polar surface area (TPSA) is 134 Å². The van der Waals surface area contributed by atoms with E-state index >= 15 is 0 Å². The molecule has 0 saturated carbocycles. The molecule has 1 rings (SSSR count). The number of ether oxygens (including phenoxy) is 1. The molecule has 1 aliphatic rings. The van der Waals surface area contributed by atoms with Gasteiger partial charge in [0.2, 0.25) is 17.7 Å². The summed E-state index contributed by atoms with van der Waals surface area (Å²) in [6.07, 6.45) is 3.25. The monoisotopic (exact) mass is 451 g/mol. The third-order valence-electron chi connectivity index (χ3n) is 5.42. The summed E-state index contributed by atoms with van der Waals surface area (Å²) in [5.41, 5.74) is 0.161. The lowest BCUT2D eigenvalue weighted by Crippen LogP contribution is -2.53. The summed E-state index contributed by atoms with van der Waals surface area (Å²) < 4.78 is 5.83. The van der Waals surface area contributed by atoms with Crippen molar-refractivity contribution in [2.45, 2.75) is 72.1 Å². The highest BCUT2D eigenvalue weighted by Gasteiger charge is 2.38. The molecule has 0 aromatic heterocycles. The van der Waals surface area contributed by atoms with Crippen molar-refractivity contribution in [2.75, 3.05) is 6.61 Å². The number of esters is 1. The number of aliphatic hydroxyl groups excluding tert-OH is 1. The van der Waals surface area contributed by atoms with Crippen LogP contribution < -0.4 is 16.0 Å². The van der Waals surface area contributed by atoms with Crippen molar-refractivity contribution in [2.24, 2.45) is 17.8 Å². The van der Waals surface area contributed by atoms with Gasteiger partial charge in [0, 0.05) is 18.4 Å². The summed E-state index contributed by atoms with van der Waals surface area (Å²) in [6.45, 7) is 12.3. The molecule has 5 atom stereocenters. The van der Waals surface area contributed by atoms with Crippen LogP contribution in [0.4, 0.5) is 0 Å². The summed E-state index contributed by atoms with van der Waals surface area (Å²) in [7, 11) is 0. The first kappa shape index (κ1) is 27.4. The molecule has 0 spiro atoms. The highest BCUT2D eigenvalue weighted by Crippen LogP contribution is 2.26. The number of rotatable bonds is 6. The van der Waals surface area contributed by atoms with Crippen molar-refractivity contribution >= 4 is 23.7 Å². The summed E-state index contributed by atoms with van der Waals surface area (Å²) in [5, 5.41) is 17.3. The SMILES string of the molecule is C=C1/C=C/C(=O)N[C@@H](C)C(=O)N[C@H](C(C)C)C(=O)O[C@H]([C@H](C)CCC)[C@@H](CCO)C(=O)N1. The number of cyclic esters (lactones) is 1. The van der Waals surface area contributed by atoms with Gasteiger partial charge >= 0.3 is 5.97 Å². The van der Waals surface area contributed by atoms with Crippen LogP contribution in [0.25, 0.3) is 0 Å². The van der Waals surface area contributed by atoms with Crippen LogP contribution in [0.15, 0.2) is 24.4 Å². The second kappa shape index (κ2) is 13.0. The van der Waals surface area contributed by atoms with Crippen molar-refractivity contribution in [3.05, 3.63) is 24.4 Å². The Balaban J connectivity index is 3.42. The van der Waals surface area contributed by atoms with Crippen molar-refractivity contribution in [3.63, 3.8) is 0 Å². The molecule has 0 fully saturated rings. The average molecular weight is 452 g/mol. The minimum absolute atomic E-state index is 0.0745. The normalized spacial score (nSPS) is 28.0. The van der Waals surface area contributed by atoms with E-state index < -0.39 is 47.8 Å². The van der Waals surface area contributed by atoms with Gasteiger partial charge in [-0.05, 0) is 37.7 Å². The zero-order chi connectivity index (χ0) is 24.4. The third kappa shape index (κ3) is 8.11. The van der Waals surface area contributed by atoms with Gasteiger partial charge in [0.05, 0.1) is 5.92 Å². The molecule has 0 radical (unpaired) electrons. The predicted octanol–water partition coefficient (Wildman–Crippen LogP) is 1.18. The van der Waals surface area contributed by atoms with Gasteiger partial charge in [-0.1, -0.05) is 40.7 Å². The number of hydrogen-bond donors (Lipinski definition) is 4. The molecule has 3 amide bonds. The molecule has 0 saturated heterocycles. The first-order valence-electron chi connectivity index (χ1n) is 11.1. The zero-order valence-corrected chi connectivity index (χ0v) is 19.6. The van der Waals surface area contributed by atoms with Gasteiger partial charge in [0.15, 0.2) is 0 Å². The van der Waals surface area contributed by atoms with Gasteiger partial charge in [0.1, 0.15) is 18.2 Å². The zero-order valence-electron chi connectivity index (χ0n) is 19.6. The fourth-order valence-corrected chi connectivity index (χ4v) is 3.58. The van der Waals surface area contributed by atoms with Gasteiger partial charge in [-0.3, -0.25) is 14.4 Å². The summed E-state index contributed by atoms with van der Waals surface area (Å²) in [6, 6.07) is -1.86. The standard InChI is InChI=1S/C23H37N3O6/c1-7-8-14(4)20-17(11-12-27)22(30)24-15(5)9-10-18(28)25-16(6)21(29)26-19(13(2)3)23(31)32-20/h9-10,13-14,16-17,19-20,27H,5,7-8,11-12H2,1-4,6H3,(H,24,30)(H,25,28)(H,26,29)/b10-9+/t14-,16+,17-,19-,20-/m1/s1. The van der Waals surface area contributed by atoms with Crippen LogP contribution in [-0.4, -0.2) is 53.6 Å². The Hall–Kier alpha value is -2.68. The van der Waals surface area contributed by atoms with Crippen molar-refractivity contribution in [3.8, 4) is 0 Å². The Morgan fingerprint density at radius 3 is 2.31 bits per heavy atom.